The Hall–Kier alpha value is -1.00. The topological polar surface area (TPSA) is 49.3 Å². The fourth-order valence-electron chi connectivity index (χ4n) is 1.52. The van der Waals surface area contributed by atoms with Crippen molar-refractivity contribution < 1.29 is 9.90 Å². The lowest BCUT2D eigenvalue weighted by Gasteiger charge is -2.12. The minimum Gasteiger partial charge on any atom is -0.480 e. The normalized spacial score (nSPS) is 12.7. The Morgan fingerprint density at radius 2 is 2.17 bits per heavy atom. The van der Waals surface area contributed by atoms with E-state index in [2.05, 4.69) is 31.3 Å². The lowest BCUT2D eigenvalue weighted by molar-refractivity contribution is -0.136. The molecule has 0 saturated carbocycles. The van der Waals surface area contributed by atoms with Crippen LogP contribution in [0.25, 0.3) is 0 Å². The summed E-state index contributed by atoms with van der Waals surface area (Å²) in [7, 11) is 0. The molecule has 2 N–H and O–H groups in total. The van der Waals surface area contributed by atoms with Crippen LogP contribution in [0.3, 0.4) is 0 Å². The van der Waals surface area contributed by atoms with Crippen molar-refractivity contribution in [2.45, 2.75) is 49.9 Å². The Labute approximate surface area is 113 Å². The molecule has 1 rings (SSSR count). The van der Waals surface area contributed by atoms with Gasteiger partial charge < -0.3 is 10.4 Å². The van der Waals surface area contributed by atoms with Crippen LogP contribution >= 0.6 is 11.8 Å². The molecule has 1 aromatic carbocycles. The van der Waals surface area contributed by atoms with E-state index in [1.807, 2.05) is 19.1 Å². The van der Waals surface area contributed by atoms with Gasteiger partial charge in [-0.2, -0.15) is 0 Å². The smallest absolute Gasteiger partial charge is 0.316 e. The molecule has 0 aromatic heterocycles. The van der Waals surface area contributed by atoms with Gasteiger partial charge in [-0.15, -0.1) is 11.8 Å². The third-order valence-electron chi connectivity index (χ3n) is 2.54. The molecule has 0 amide bonds. The van der Waals surface area contributed by atoms with Crippen LogP contribution in [-0.2, 0) is 11.3 Å². The Morgan fingerprint density at radius 3 is 2.72 bits per heavy atom. The van der Waals surface area contributed by atoms with Gasteiger partial charge in [-0.25, -0.2) is 0 Å². The van der Waals surface area contributed by atoms with E-state index in [-0.39, 0.29) is 5.25 Å². The van der Waals surface area contributed by atoms with E-state index in [0.717, 1.165) is 11.4 Å². The maximum Gasteiger partial charge on any atom is 0.316 e. The molecule has 0 aliphatic heterocycles. The largest absolute Gasteiger partial charge is 0.480 e. The monoisotopic (exact) mass is 267 g/mol. The van der Waals surface area contributed by atoms with Gasteiger partial charge in [0, 0.05) is 17.5 Å². The first-order valence-corrected chi connectivity index (χ1v) is 7.12. The van der Waals surface area contributed by atoms with Gasteiger partial charge in [-0.05, 0) is 24.1 Å². The van der Waals surface area contributed by atoms with Crippen LogP contribution in [0, 0.1) is 0 Å². The number of carboxylic acids is 1. The van der Waals surface area contributed by atoms with E-state index in [4.69, 9.17) is 5.11 Å². The molecule has 1 aromatic rings. The molecular weight excluding hydrogens is 246 g/mol. The average Bonchev–Trinajstić information content (AvgIpc) is 2.33. The second-order valence-corrected chi connectivity index (χ2v) is 5.81. The number of aliphatic carboxylic acids is 1. The van der Waals surface area contributed by atoms with E-state index in [9.17, 15) is 4.79 Å². The van der Waals surface area contributed by atoms with Gasteiger partial charge in [-0.3, -0.25) is 4.79 Å². The highest BCUT2D eigenvalue weighted by Gasteiger charge is 2.16. The lowest BCUT2D eigenvalue weighted by atomic mass is 10.2. The van der Waals surface area contributed by atoms with E-state index in [0.29, 0.717) is 12.5 Å². The number of carbonyl (C=O) groups is 1. The summed E-state index contributed by atoms with van der Waals surface area (Å²) in [5.74, 6) is -0.742. The number of benzene rings is 1. The summed E-state index contributed by atoms with van der Waals surface area (Å²) < 4.78 is 0. The Kier molecular flexibility index (Phi) is 6.22. The van der Waals surface area contributed by atoms with E-state index in [1.54, 1.807) is 0 Å². The van der Waals surface area contributed by atoms with Crippen molar-refractivity contribution in [1.82, 2.24) is 5.32 Å². The molecule has 0 saturated heterocycles. The van der Waals surface area contributed by atoms with Gasteiger partial charge in [-0.1, -0.05) is 32.9 Å². The van der Waals surface area contributed by atoms with Gasteiger partial charge in [0.15, 0.2) is 0 Å². The number of hydrogen-bond donors (Lipinski definition) is 2. The molecule has 4 heteroatoms. The molecule has 0 bridgehead atoms. The minimum absolute atomic E-state index is 0.363. The van der Waals surface area contributed by atoms with Crippen LogP contribution in [0.2, 0.25) is 0 Å². The van der Waals surface area contributed by atoms with Gasteiger partial charge in [0.2, 0.25) is 0 Å². The third-order valence-corrected chi connectivity index (χ3v) is 3.88. The van der Waals surface area contributed by atoms with Crippen molar-refractivity contribution in [3.8, 4) is 0 Å². The number of thioether (sulfide) groups is 1. The standard InChI is InChI=1S/C14H21NO2S/c1-4-13(14(16)17)18-12-7-5-6-11(8-12)9-15-10(2)3/h5-8,10,13,15H,4,9H2,1-3H3,(H,16,17). The van der Waals surface area contributed by atoms with Crippen molar-refractivity contribution in [2.24, 2.45) is 0 Å². The Balaban J connectivity index is 2.66. The van der Waals surface area contributed by atoms with Gasteiger partial charge in [0.1, 0.15) is 5.25 Å². The van der Waals surface area contributed by atoms with Crippen LogP contribution in [0.15, 0.2) is 29.2 Å². The SMILES string of the molecule is CCC(Sc1cccc(CNC(C)C)c1)C(=O)O. The number of hydrogen-bond acceptors (Lipinski definition) is 3. The van der Waals surface area contributed by atoms with Crippen LogP contribution < -0.4 is 5.32 Å². The average molecular weight is 267 g/mol. The molecular formula is C14H21NO2S. The second kappa shape index (κ2) is 7.44. The summed E-state index contributed by atoms with van der Waals surface area (Å²) >= 11 is 1.42. The maximum atomic E-state index is 11.0. The predicted octanol–water partition coefficient (Wildman–Crippen LogP) is 3.14. The van der Waals surface area contributed by atoms with Crippen LogP contribution in [0.5, 0.6) is 0 Å². The minimum atomic E-state index is -0.742. The zero-order valence-corrected chi connectivity index (χ0v) is 12.0. The summed E-state index contributed by atoms with van der Waals surface area (Å²) in [5, 5.41) is 12.0. The van der Waals surface area contributed by atoms with Crippen LogP contribution in [0.1, 0.15) is 32.8 Å². The predicted molar refractivity (Wildman–Crippen MR) is 76.0 cm³/mol. The molecule has 0 aliphatic rings. The summed E-state index contributed by atoms with van der Waals surface area (Å²) in [6.45, 7) is 6.93. The van der Waals surface area contributed by atoms with E-state index < -0.39 is 5.97 Å². The van der Waals surface area contributed by atoms with E-state index in [1.165, 1.54) is 17.3 Å². The quantitative estimate of drug-likeness (QED) is 0.745. The molecule has 1 atom stereocenters. The first-order chi connectivity index (χ1) is 8.52. The second-order valence-electron chi connectivity index (χ2n) is 4.54. The highest BCUT2D eigenvalue weighted by molar-refractivity contribution is 8.00. The number of carboxylic acid groups (broad SMARTS) is 1. The van der Waals surface area contributed by atoms with Crippen molar-refractivity contribution in [3.63, 3.8) is 0 Å². The molecule has 18 heavy (non-hydrogen) atoms. The van der Waals surface area contributed by atoms with Crippen molar-refractivity contribution >= 4 is 17.7 Å². The summed E-state index contributed by atoms with van der Waals surface area (Å²) in [6, 6.07) is 8.51. The summed E-state index contributed by atoms with van der Waals surface area (Å²) in [4.78, 5) is 12.0. The molecule has 0 aliphatic carbocycles. The molecule has 0 spiro atoms. The lowest BCUT2D eigenvalue weighted by Crippen LogP contribution is -2.21. The first kappa shape index (κ1) is 15.1. The Morgan fingerprint density at radius 1 is 1.44 bits per heavy atom. The van der Waals surface area contributed by atoms with Gasteiger partial charge >= 0.3 is 5.97 Å². The zero-order chi connectivity index (χ0) is 13.5. The van der Waals surface area contributed by atoms with Crippen LogP contribution in [0.4, 0.5) is 0 Å². The number of nitrogens with one attached hydrogen (secondary N) is 1. The van der Waals surface area contributed by atoms with Gasteiger partial charge in [0.05, 0.1) is 0 Å². The van der Waals surface area contributed by atoms with Gasteiger partial charge in [0.25, 0.3) is 0 Å². The molecule has 0 radical (unpaired) electrons. The summed E-state index contributed by atoms with van der Waals surface area (Å²) in [6.07, 6.45) is 0.633. The summed E-state index contributed by atoms with van der Waals surface area (Å²) in [5.41, 5.74) is 1.19. The molecule has 100 valence electrons. The number of rotatable bonds is 7. The van der Waals surface area contributed by atoms with E-state index >= 15 is 0 Å². The third kappa shape index (κ3) is 5.10. The van der Waals surface area contributed by atoms with Crippen molar-refractivity contribution in [2.75, 3.05) is 0 Å². The van der Waals surface area contributed by atoms with Crippen LogP contribution in [-0.4, -0.2) is 22.4 Å². The molecule has 0 heterocycles. The maximum absolute atomic E-state index is 11.0. The zero-order valence-electron chi connectivity index (χ0n) is 11.1. The van der Waals surface area contributed by atoms with Crippen molar-refractivity contribution in [3.05, 3.63) is 29.8 Å². The van der Waals surface area contributed by atoms with Crippen molar-refractivity contribution in [1.29, 1.82) is 0 Å². The highest BCUT2D eigenvalue weighted by Crippen LogP contribution is 2.26. The highest BCUT2D eigenvalue weighted by atomic mass is 32.2. The molecule has 0 fully saturated rings. The Bertz CT molecular complexity index is 393. The first-order valence-electron chi connectivity index (χ1n) is 6.24. The molecule has 1 unspecified atom stereocenters. The molecule has 3 nitrogen and oxygen atoms in total. The fourth-order valence-corrected chi connectivity index (χ4v) is 2.50. The fraction of sp³-hybridized carbons (Fsp3) is 0.500.